The monoisotopic (exact) mass is 495 g/mol. The summed E-state index contributed by atoms with van der Waals surface area (Å²) in [6.45, 7) is 3.04. The van der Waals surface area contributed by atoms with Crippen molar-refractivity contribution in [3.63, 3.8) is 0 Å². The van der Waals surface area contributed by atoms with Gasteiger partial charge in [-0.1, -0.05) is 60.7 Å². The second-order valence-electron chi connectivity index (χ2n) is 7.49. The molecule has 148 valence electrons. The third kappa shape index (κ3) is 5.09. The second kappa shape index (κ2) is 9.59. The summed E-state index contributed by atoms with van der Waals surface area (Å²) in [7, 11) is 1.75. The Labute approximate surface area is 187 Å². The van der Waals surface area contributed by atoms with Crippen LogP contribution in [0, 0.1) is 3.57 Å². The number of nitrogens with zero attached hydrogens (tertiary/aromatic N) is 1. The number of halogens is 1. The van der Waals surface area contributed by atoms with Crippen molar-refractivity contribution >= 4 is 28.7 Å². The van der Waals surface area contributed by atoms with Gasteiger partial charge in [0.25, 0.3) is 0 Å². The molecule has 0 bridgehead atoms. The molecule has 0 fully saturated rings. The van der Waals surface area contributed by atoms with Gasteiger partial charge in [-0.2, -0.15) is 0 Å². The van der Waals surface area contributed by atoms with Gasteiger partial charge in [0.15, 0.2) is 0 Å². The van der Waals surface area contributed by atoms with Crippen molar-refractivity contribution < 1.29 is 4.74 Å². The molecule has 3 heteroatoms. The normalized spacial score (nSPS) is 17.1. The van der Waals surface area contributed by atoms with E-state index in [1.807, 2.05) is 0 Å². The Morgan fingerprint density at radius 3 is 2.59 bits per heavy atom. The molecule has 0 N–H and O–H groups in total. The summed E-state index contributed by atoms with van der Waals surface area (Å²) in [4.78, 5) is 2.56. The number of methoxy groups -OCH3 is 1. The van der Waals surface area contributed by atoms with Crippen molar-refractivity contribution in [1.29, 1.82) is 0 Å². The SMILES string of the molecule is COc1ccc2c(c1)C(c1ccccc1)CN(C/C=C/c1ccc(I)cc1)CC2. The highest BCUT2D eigenvalue weighted by molar-refractivity contribution is 14.1. The van der Waals surface area contributed by atoms with E-state index in [0.29, 0.717) is 5.92 Å². The van der Waals surface area contributed by atoms with Gasteiger partial charge in [-0.3, -0.25) is 4.90 Å². The number of rotatable bonds is 5. The number of hydrogen-bond acceptors (Lipinski definition) is 2. The summed E-state index contributed by atoms with van der Waals surface area (Å²) in [6, 6.07) is 26.1. The average Bonchev–Trinajstić information content (AvgIpc) is 2.95. The lowest BCUT2D eigenvalue weighted by Gasteiger charge is -2.24. The van der Waals surface area contributed by atoms with Crippen LogP contribution in [-0.4, -0.2) is 31.6 Å². The molecule has 1 heterocycles. The Bertz CT molecular complexity index is 966. The van der Waals surface area contributed by atoms with E-state index < -0.39 is 0 Å². The quantitative estimate of drug-likeness (QED) is 0.403. The third-order valence-corrected chi connectivity index (χ3v) is 6.33. The van der Waals surface area contributed by atoms with Gasteiger partial charge < -0.3 is 4.74 Å². The first kappa shape index (κ1) is 20.2. The minimum atomic E-state index is 0.357. The van der Waals surface area contributed by atoms with E-state index in [1.165, 1.54) is 25.8 Å². The molecule has 4 rings (SSSR count). The maximum Gasteiger partial charge on any atom is 0.119 e. The minimum absolute atomic E-state index is 0.357. The average molecular weight is 495 g/mol. The highest BCUT2D eigenvalue weighted by Gasteiger charge is 2.24. The summed E-state index contributed by atoms with van der Waals surface area (Å²) >= 11 is 2.35. The topological polar surface area (TPSA) is 12.5 Å². The summed E-state index contributed by atoms with van der Waals surface area (Å²) in [5, 5.41) is 0. The van der Waals surface area contributed by atoms with E-state index in [4.69, 9.17) is 4.74 Å². The van der Waals surface area contributed by atoms with Gasteiger partial charge in [0.05, 0.1) is 7.11 Å². The molecule has 2 nitrogen and oxygen atoms in total. The van der Waals surface area contributed by atoms with Crippen molar-refractivity contribution in [2.75, 3.05) is 26.7 Å². The predicted octanol–water partition coefficient (Wildman–Crippen LogP) is 6.00. The molecule has 0 amide bonds. The Balaban J connectivity index is 1.57. The number of ether oxygens (including phenoxy) is 1. The van der Waals surface area contributed by atoms with Crippen LogP contribution in [0.15, 0.2) is 78.9 Å². The van der Waals surface area contributed by atoms with Gasteiger partial charge in [-0.15, -0.1) is 0 Å². The van der Waals surface area contributed by atoms with Gasteiger partial charge in [0.1, 0.15) is 5.75 Å². The highest BCUT2D eigenvalue weighted by Crippen LogP contribution is 2.33. The molecular formula is C26H26INO. The summed E-state index contributed by atoms with van der Waals surface area (Å²) < 4.78 is 6.80. The summed E-state index contributed by atoms with van der Waals surface area (Å²) in [5.41, 5.74) is 5.46. The first-order valence-corrected chi connectivity index (χ1v) is 11.2. The fourth-order valence-electron chi connectivity index (χ4n) is 4.03. The first-order valence-electron chi connectivity index (χ1n) is 10.1. The lowest BCUT2D eigenvalue weighted by Crippen LogP contribution is -2.29. The molecule has 1 unspecified atom stereocenters. The maximum atomic E-state index is 5.53. The molecule has 29 heavy (non-hydrogen) atoms. The van der Waals surface area contributed by atoms with Gasteiger partial charge in [-0.25, -0.2) is 0 Å². The van der Waals surface area contributed by atoms with E-state index in [0.717, 1.165) is 31.8 Å². The predicted molar refractivity (Wildman–Crippen MR) is 130 cm³/mol. The Morgan fingerprint density at radius 1 is 1.03 bits per heavy atom. The van der Waals surface area contributed by atoms with Crippen molar-refractivity contribution in [2.24, 2.45) is 0 Å². The van der Waals surface area contributed by atoms with Crippen LogP contribution in [0.3, 0.4) is 0 Å². The fraction of sp³-hybridized carbons (Fsp3) is 0.231. The zero-order valence-corrected chi connectivity index (χ0v) is 18.9. The van der Waals surface area contributed by atoms with Crippen LogP contribution in [0.5, 0.6) is 5.75 Å². The molecule has 0 saturated heterocycles. The van der Waals surface area contributed by atoms with Crippen molar-refractivity contribution in [2.45, 2.75) is 12.3 Å². The van der Waals surface area contributed by atoms with Crippen LogP contribution in [0.2, 0.25) is 0 Å². The molecule has 0 aromatic heterocycles. The van der Waals surface area contributed by atoms with E-state index in [1.54, 1.807) is 7.11 Å². The Kier molecular flexibility index (Phi) is 6.67. The van der Waals surface area contributed by atoms with E-state index in [9.17, 15) is 0 Å². The summed E-state index contributed by atoms with van der Waals surface area (Å²) in [5.74, 6) is 1.30. The molecule has 0 aliphatic carbocycles. The lowest BCUT2D eigenvalue weighted by atomic mass is 9.88. The van der Waals surface area contributed by atoms with Crippen LogP contribution >= 0.6 is 22.6 Å². The number of hydrogen-bond donors (Lipinski definition) is 0. The summed E-state index contributed by atoms with van der Waals surface area (Å²) in [6.07, 6.45) is 5.59. The number of fused-ring (bicyclic) bond motifs is 1. The molecule has 1 aliphatic heterocycles. The van der Waals surface area contributed by atoms with E-state index in [2.05, 4.69) is 112 Å². The van der Waals surface area contributed by atoms with Gasteiger partial charge in [-0.05, 0) is 75.5 Å². The van der Waals surface area contributed by atoms with Gasteiger partial charge >= 0.3 is 0 Å². The molecule has 3 aromatic rings. The van der Waals surface area contributed by atoms with Crippen molar-refractivity contribution in [3.05, 3.63) is 105 Å². The van der Waals surface area contributed by atoms with Crippen LogP contribution in [0.4, 0.5) is 0 Å². The Morgan fingerprint density at radius 2 is 1.83 bits per heavy atom. The molecular weight excluding hydrogens is 469 g/mol. The second-order valence-corrected chi connectivity index (χ2v) is 8.74. The standard InChI is InChI=1S/C26H26INO/c1-29-24-14-11-22-15-17-28(16-5-6-20-9-12-23(27)13-10-20)19-26(25(22)18-24)21-7-3-2-4-8-21/h2-14,18,26H,15-17,19H2,1H3/b6-5+. The smallest absolute Gasteiger partial charge is 0.119 e. The third-order valence-electron chi connectivity index (χ3n) is 5.61. The van der Waals surface area contributed by atoms with E-state index in [-0.39, 0.29) is 0 Å². The van der Waals surface area contributed by atoms with Crippen LogP contribution < -0.4 is 4.74 Å². The fourth-order valence-corrected chi connectivity index (χ4v) is 4.39. The molecule has 3 aromatic carbocycles. The zero-order chi connectivity index (χ0) is 20.1. The van der Waals surface area contributed by atoms with Gasteiger partial charge in [0.2, 0.25) is 0 Å². The molecule has 1 aliphatic rings. The van der Waals surface area contributed by atoms with Crippen LogP contribution in [0.1, 0.15) is 28.2 Å². The maximum absolute atomic E-state index is 5.53. The largest absolute Gasteiger partial charge is 0.497 e. The molecule has 0 saturated carbocycles. The minimum Gasteiger partial charge on any atom is -0.497 e. The van der Waals surface area contributed by atoms with Crippen molar-refractivity contribution in [3.8, 4) is 5.75 Å². The van der Waals surface area contributed by atoms with Crippen LogP contribution in [0.25, 0.3) is 6.08 Å². The van der Waals surface area contributed by atoms with Gasteiger partial charge in [0, 0.05) is 29.1 Å². The Hall–Kier alpha value is -2.11. The van der Waals surface area contributed by atoms with Crippen molar-refractivity contribution in [1.82, 2.24) is 4.90 Å². The van der Waals surface area contributed by atoms with E-state index >= 15 is 0 Å². The highest BCUT2D eigenvalue weighted by atomic mass is 127. The first-order chi connectivity index (χ1) is 14.2. The molecule has 0 radical (unpaired) electrons. The van der Waals surface area contributed by atoms with Crippen LogP contribution in [-0.2, 0) is 6.42 Å². The molecule has 1 atom stereocenters. The zero-order valence-electron chi connectivity index (χ0n) is 16.7. The lowest BCUT2D eigenvalue weighted by molar-refractivity contribution is 0.306. The molecule has 0 spiro atoms. The number of benzene rings is 3.